The van der Waals surface area contributed by atoms with Gasteiger partial charge in [0.2, 0.25) is 0 Å². The first-order valence-electron chi connectivity index (χ1n) is 3.38. The minimum Gasteiger partial charge on any atom is -0.478 e. The van der Waals surface area contributed by atoms with Gasteiger partial charge in [-0.05, 0) is 24.3 Å². The van der Waals surface area contributed by atoms with E-state index in [4.69, 9.17) is 33.0 Å². The molecule has 0 fully saturated rings. The number of halogens is 2. The molecule has 1 atom stereocenters. The van der Waals surface area contributed by atoms with Crippen molar-refractivity contribution < 1.29 is 14.6 Å². The number of alkyl halides is 1. The summed E-state index contributed by atoms with van der Waals surface area (Å²) in [6, 6.07) is 6.26. The summed E-state index contributed by atoms with van der Waals surface area (Å²) in [7, 11) is 0. The number of rotatable bonds is 3. The van der Waals surface area contributed by atoms with E-state index >= 15 is 0 Å². The van der Waals surface area contributed by atoms with Crippen LogP contribution in [-0.4, -0.2) is 16.6 Å². The zero-order chi connectivity index (χ0) is 9.84. The Morgan fingerprint density at radius 2 is 1.92 bits per heavy atom. The minimum absolute atomic E-state index is 0.367. The first-order chi connectivity index (χ1) is 6.09. The predicted octanol–water partition coefficient (Wildman–Crippen LogP) is 2.37. The number of benzene rings is 1. The van der Waals surface area contributed by atoms with Crippen LogP contribution in [0.2, 0.25) is 5.02 Å². The fourth-order valence-corrected chi connectivity index (χ4v) is 0.912. The second-order valence-electron chi connectivity index (χ2n) is 2.23. The molecule has 0 amide bonds. The maximum absolute atomic E-state index is 10.3. The molecule has 0 saturated heterocycles. The van der Waals surface area contributed by atoms with Crippen molar-refractivity contribution in [2.75, 3.05) is 0 Å². The molecule has 3 nitrogen and oxygen atoms in total. The van der Waals surface area contributed by atoms with Crippen LogP contribution in [-0.2, 0) is 4.79 Å². The van der Waals surface area contributed by atoms with Gasteiger partial charge in [0, 0.05) is 5.02 Å². The van der Waals surface area contributed by atoms with Crippen LogP contribution in [0.5, 0.6) is 5.75 Å². The lowest BCUT2D eigenvalue weighted by atomic mass is 10.3. The van der Waals surface area contributed by atoms with Crippen LogP contribution in [0.3, 0.4) is 0 Å². The lowest BCUT2D eigenvalue weighted by molar-refractivity contribution is -0.141. The third-order valence-corrected chi connectivity index (χ3v) is 1.78. The molecule has 13 heavy (non-hydrogen) atoms. The highest BCUT2D eigenvalue weighted by Crippen LogP contribution is 2.17. The topological polar surface area (TPSA) is 46.5 Å². The van der Waals surface area contributed by atoms with E-state index in [1.54, 1.807) is 24.3 Å². The summed E-state index contributed by atoms with van der Waals surface area (Å²) >= 11 is 10.9. The van der Waals surface area contributed by atoms with Gasteiger partial charge in [0.15, 0.2) is 0 Å². The predicted molar refractivity (Wildman–Crippen MR) is 49.4 cm³/mol. The molecular formula is C8H6Cl2O3. The largest absolute Gasteiger partial charge is 0.478 e. The highest BCUT2D eigenvalue weighted by atomic mass is 35.5. The van der Waals surface area contributed by atoms with Crippen molar-refractivity contribution in [3.8, 4) is 5.75 Å². The van der Waals surface area contributed by atoms with Gasteiger partial charge in [-0.15, -0.1) is 0 Å². The molecule has 0 saturated carbocycles. The third-order valence-electron chi connectivity index (χ3n) is 1.25. The Labute approximate surface area is 84.8 Å². The second kappa shape index (κ2) is 4.35. The maximum atomic E-state index is 10.3. The number of carbonyl (C=O) groups is 1. The number of ether oxygens (including phenoxy) is 1. The molecule has 1 unspecified atom stereocenters. The Bertz CT molecular complexity index is 297. The Kier molecular flexibility index (Phi) is 3.39. The van der Waals surface area contributed by atoms with Crippen molar-refractivity contribution in [3.05, 3.63) is 29.3 Å². The van der Waals surface area contributed by atoms with Crippen molar-refractivity contribution in [1.29, 1.82) is 0 Å². The van der Waals surface area contributed by atoms with Gasteiger partial charge < -0.3 is 9.84 Å². The van der Waals surface area contributed by atoms with Crippen molar-refractivity contribution in [2.24, 2.45) is 0 Å². The molecule has 0 radical (unpaired) electrons. The Morgan fingerprint density at radius 3 is 2.38 bits per heavy atom. The summed E-state index contributed by atoms with van der Waals surface area (Å²) in [6.45, 7) is 0. The van der Waals surface area contributed by atoms with E-state index in [1.165, 1.54) is 0 Å². The first kappa shape index (κ1) is 10.2. The summed E-state index contributed by atoms with van der Waals surface area (Å²) in [5.41, 5.74) is -1.37. The van der Waals surface area contributed by atoms with Crippen molar-refractivity contribution >= 4 is 29.2 Å². The van der Waals surface area contributed by atoms with E-state index in [9.17, 15) is 4.79 Å². The molecule has 70 valence electrons. The summed E-state index contributed by atoms with van der Waals surface area (Å²) in [4.78, 5) is 10.3. The highest BCUT2D eigenvalue weighted by molar-refractivity contribution is 6.30. The monoisotopic (exact) mass is 220 g/mol. The van der Waals surface area contributed by atoms with Crippen LogP contribution in [0.15, 0.2) is 24.3 Å². The van der Waals surface area contributed by atoms with Crippen LogP contribution in [0.25, 0.3) is 0 Å². The van der Waals surface area contributed by atoms with E-state index in [-0.39, 0.29) is 0 Å². The molecular weight excluding hydrogens is 215 g/mol. The molecule has 0 aromatic heterocycles. The second-order valence-corrected chi connectivity index (χ2v) is 3.06. The lowest BCUT2D eigenvalue weighted by Crippen LogP contribution is -2.20. The van der Waals surface area contributed by atoms with Crippen LogP contribution >= 0.6 is 23.2 Å². The molecule has 1 aromatic carbocycles. The molecule has 0 bridgehead atoms. The average molecular weight is 221 g/mol. The molecule has 1 aromatic rings. The van der Waals surface area contributed by atoms with Gasteiger partial charge in [-0.3, -0.25) is 0 Å². The van der Waals surface area contributed by atoms with Gasteiger partial charge in [-0.25, -0.2) is 4.79 Å². The normalized spacial score (nSPS) is 12.2. The molecule has 0 aliphatic carbocycles. The Balaban J connectivity index is 2.64. The summed E-state index contributed by atoms with van der Waals surface area (Å²) in [5.74, 6) is -0.858. The number of carboxylic acids is 1. The fraction of sp³-hybridized carbons (Fsp3) is 0.125. The van der Waals surface area contributed by atoms with E-state index in [0.29, 0.717) is 10.8 Å². The molecule has 0 heterocycles. The van der Waals surface area contributed by atoms with E-state index in [0.717, 1.165) is 0 Å². The zero-order valence-electron chi connectivity index (χ0n) is 6.41. The van der Waals surface area contributed by atoms with Gasteiger partial charge in [-0.1, -0.05) is 23.2 Å². The number of aliphatic carboxylic acids is 1. The van der Waals surface area contributed by atoms with E-state index < -0.39 is 11.5 Å². The Morgan fingerprint density at radius 1 is 1.38 bits per heavy atom. The average Bonchev–Trinajstić information content (AvgIpc) is 2.08. The van der Waals surface area contributed by atoms with Crippen molar-refractivity contribution in [2.45, 2.75) is 5.56 Å². The summed E-state index contributed by atoms with van der Waals surface area (Å²) in [6.07, 6.45) is 0. The van der Waals surface area contributed by atoms with Gasteiger partial charge in [-0.2, -0.15) is 0 Å². The number of hydrogen-bond donors (Lipinski definition) is 1. The fourth-order valence-electron chi connectivity index (χ4n) is 0.683. The van der Waals surface area contributed by atoms with Crippen LogP contribution in [0.4, 0.5) is 0 Å². The van der Waals surface area contributed by atoms with Crippen LogP contribution in [0, 0.1) is 0 Å². The highest BCUT2D eigenvalue weighted by Gasteiger charge is 2.14. The summed E-state index contributed by atoms with van der Waals surface area (Å²) in [5, 5.41) is 8.96. The third kappa shape index (κ3) is 3.13. The smallest absolute Gasteiger partial charge is 0.360 e. The van der Waals surface area contributed by atoms with Gasteiger partial charge in [0.1, 0.15) is 5.75 Å². The molecule has 0 aliphatic rings. The van der Waals surface area contributed by atoms with Crippen LogP contribution in [0.1, 0.15) is 0 Å². The number of hydrogen-bond acceptors (Lipinski definition) is 2. The van der Waals surface area contributed by atoms with Gasteiger partial charge in [0.25, 0.3) is 5.56 Å². The van der Waals surface area contributed by atoms with Gasteiger partial charge in [0.05, 0.1) is 0 Å². The minimum atomic E-state index is -1.37. The maximum Gasteiger partial charge on any atom is 0.360 e. The van der Waals surface area contributed by atoms with E-state index in [1.807, 2.05) is 0 Å². The van der Waals surface area contributed by atoms with Crippen molar-refractivity contribution in [1.82, 2.24) is 0 Å². The van der Waals surface area contributed by atoms with E-state index in [2.05, 4.69) is 0 Å². The first-order valence-corrected chi connectivity index (χ1v) is 4.20. The number of carboxylic acid groups (broad SMARTS) is 1. The molecule has 0 aliphatic heterocycles. The SMILES string of the molecule is O=C(O)C(Cl)Oc1ccc(Cl)cc1. The van der Waals surface area contributed by atoms with Crippen LogP contribution < -0.4 is 4.74 Å². The summed E-state index contributed by atoms with van der Waals surface area (Å²) < 4.78 is 4.84. The zero-order valence-corrected chi connectivity index (χ0v) is 7.92. The Hall–Kier alpha value is -0.930. The standard InChI is InChI=1S/C8H6Cl2O3/c9-5-1-3-6(4-2-5)13-7(10)8(11)12/h1-4,7H,(H,11,12). The quantitative estimate of drug-likeness (QED) is 0.797. The molecule has 1 N–H and O–H groups in total. The molecule has 0 spiro atoms. The van der Waals surface area contributed by atoms with Gasteiger partial charge >= 0.3 is 5.97 Å². The lowest BCUT2D eigenvalue weighted by Gasteiger charge is -2.07. The van der Waals surface area contributed by atoms with Crippen molar-refractivity contribution in [3.63, 3.8) is 0 Å². The molecule has 5 heteroatoms. The molecule has 1 rings (SSSR count).